The molecule has 1 aliphatic carbocycles. The highest BCUT2D eigenvalue weighted by Crippen LogP contribution is 2.37. The fraction of sp³-hybridized carbons (Fsp3) is 0.583. The molecule has 2 aliphatic heterocycles. The molecule has 0 radical (unpaired) electrons. The number of aliphatic hydroxyl groups is 2. The van der Waals surface area contributed by atoms with Gasteiger partial charge in [0.15, 0.2) is 0 Å². The van der Waals surface area contributed by atoms with Gasteiger partial charge in [-0.25, -0.2) is 4.39 Å². The maximum atomic E-state index is 13.3. The zero-order chi connectivity index (χ0) is 22.8. The van der Waals surface area contributed by atoms with Crippen molar-refractivity contribution in [3.05, 3.63) is 47.0 Å². The summed E-state index contributed by atoms with van der Waals surface area (Å²) < 4.78 is 13.3. The van der Waals surface area contributed by atoms with Crippen LogP contribution in [0.3, 0.4) is 0 Å². The van der Waals surface area contributed by atoms with Crippen LogP contribution in [0, 0.1) is 17.1 Å². The Labute approximate surface area is 188 Å². The molecule has 7 nitrogen and oxygen atoms in total. The zero-order valence-electron chi connectivity index (χ0n) is 18.6. The van der Waals surface area contributed by atoms with E-state index in [9.17, 15) is 19.4 Å². The topological polar surface area (TPSA) is 91.1 Å². The minimum absolute atomic E-state index is 0.0582. The minimum Gasteiger partial charge on any atom is -0.510 e. The lowest BCUT2D eigenvalue weighted by atomic mass is 9.76. The second kappa shape index (κ2) is 9.58. The number of amidine groups is 1. The third-order valence-electron chi connectivity index (χ3n) is 7.16. The van der Waals surface area contributed by atoms with Crippen molar-refractivity contribution in [3.8, 4) is 0 Å². The molecule has 3 fully saturated rings. The van der Waals surface area contributed by atoms with Crippen LogP contribution in [0.4, 0.5) is 4.39 Å². The number of rotatable bonds is 6. The molecule has 0 bridgehead atoms. The Morgan fingerprint density at radius 3 is 2.47 bits per heavy atom. The van der Waals surface area contributed by atoms with Crippen molar-refractivity contribution in [3.63, 3.8) is 0 Å². The normalized spacial score (nSPS) is 27.0. The van der Waals surface area contributed by atoms with Gasteiger partial charge in [-0.15, -0.1) is 0 Å². The van der Waals surface area contributed by atoms with Crippen molar-refractivity contribution in [1.82, 2.24) is 14.7 Å². The molecule has 1 aromatic rings. The summed E-state index contributed by atoms with van der Waals surface area (Å²) in [5, 5.41) is 30.5. The number of nitrogens with one attached hydrogen (secondary N) is 1. The molecule has 4 rings (SSSR count). The standard InChI is InChI=1S/C24H33FN4O3/c1-2-28-23(31)21(20(30)15-27-13-4-3-8-19(27)17-6-5-7-17)22(26)29(24(28)32)14-16-9-11-18(25)12-10-16/h9-12,17,19,24,26,30,32H,2-8,13-15H2,1H3. The van der Waals surface area contributed by atoms with E-state index in [2.05, 4.69) is 4.90 Å². The van der Waals surface area contributed by atoms with Crippen molar-refractivity contribution in [1.29, 1.82) is 5.41 Å². The van der Waals surface area contributed by atoms with Gasteiger partial charge < -0.3 is 15.1 Å². The van der Waals surface area contributed by atoms with Crippen LogP contribution in [0.2, 0.25) is 0 Å². The van der Waals surface area contributed by atoms with Gasteiger partial charge in [-0.1, -0.05) is 25.0 Å². The highest BCUT2D eigenvalue weighted by atomic mass is 19.1. The number of carbonyl (C=O) groups is 1. The quantitative estimate of drug-likeness (QED) is 0.463. The first-order valence-corrected chi connectivity index (χ1v) is 11.7. The summed E-state index contributed by atoms with van der Waals surface area (Å²) >= 11 is 0. The molecule has 2 saturated heterocycles. The first-order chi connectivity index (χ1) is 15.4. The van der Waals surface area contributed by atoms with Crippen molar-refractivity contribution >= 4 is 11.7 Å². The van der Waals surface area contributed by atoms with E-state index in [1.165, 1.54) is 47.6 Å². The smallest absolute Gasteiger partial charge is 0.264 e. The van der Waals surface area contributed by atoms with Gasteiger partial charge in [0, 0.05) is 19.1 Å². The maximum Gasteiger partial charge on any atom is 0.264 e. The van der Waals surface area contributed by atoms with E-state index < -0.39 is 12.3 Å². The van der Waals surface area contributed by atoms with Gasteiger partial charge in [0.05, 0.1) is 6.54 Å². The molecule has 2 unspecified atom stereocenters. The Morgan fingerprint density at radius 1 is 1.12 bits per heavy atom. The lowest BCUT2D eigenvalue weighted by Gasteiger charge is -2.45. The Balaban J connectivity index is 1.59. The van der Waals surface area contributed by atoms with Gasteiger partial charge in [-0.2, -0.15) is 0 Å². The van der Waals surface area contributed by atoms with Crippen LogP contribution in [0.5, 0.6) is 0 Å². The molecule has 32 heavy (non-hydrogen) atoms. The molecule has 1 saturated carbocycles. The van der Waals surface area contributed by atoms with Crippen LogP contribution >= 0.6 is 0 Å². The van der Waals surface area contributed by atoms with Crippen LogP contribution in [-0.2, 0) is 11.3 Å². The molecule has 2 atom stereocenters. The first-order valence-electron chi connectivity index (χ1n) is 11.7. The number of amides is 1. The number of hydrogen-bond acceptors (Lipinski definition) is 5. The molecule has 0 spiro atoms. The largest absolute Gasteiger partial charge is 0.510 e. The van der Waals surface area contributed by atoms with E-state index in [0.29, 0.717) is 17.5 Å². The lowest BCUT2D eigenvalue weighted by molar-refractivity contribution is -0.151. The van der Waals surface area contributed by atoms with E-state index in [1.54, 1.807) is 19.1 Å². The monoisotopic (exact) mass is 444 g/mol. The fourth-order valence-corrected chi connectivity index (χ4v) is 5.13. The number of nitrogens with zero attached hydrogens (tertiary/aromatic N) is 3. The highest BCUT2D eigenvalue weighted by Gasteiger charge is 2.41. The fourth-order valence-electron chi connectivity index (χ4n) is 5.13. The Kier molecular flexibility index (Phi) is 6.81. The number of likely N-dealkylation sites (N-methyl/N-ethyl adjacent to an activating group) is 1. The number of piperidine rings is 1. The molecule has 2 heterocycles. The summed E-state index contributed by atoms with van der Waals surface area (Å²) in [5.41, 5.74) is 0.637. The molecular weight excluding hydrogens is 411 g/mol. The number of halogens is 1. The summed E-state index contributed by atoms with van der Waals surface area (Å²) in [4.78, 5) is 18.0. The summed E-state index contributed by atoms with van der Waals surface area (Å²) in [6, 6.07) is 6.23. The summed E-state index contributed by atoms with van der Waals surface area (Å²) in [6.45, 7) is 3.22. The van der Waals surface area contributed by atoms with Gasteiger partial charge >= 0.3 is 0 Å². The Morgan fingerprint density at radius 2 is 1.84 bits per heavy atom. The van der Waals surface area contributed by atoms with Crippen LogP contribution < -0.4 is 0 Å². The first kappa shape index (κ1) is 22.7. The predicted molar refractivity (Wildman–Crippen MR) is 119 cm³/mol. The summed E-state index contributed by atoms with van der Waals surface area (Å²) in [6.07, 6.45) is 5.73. The van der Waals surface area contributed by atoms with E-state index in [1.807, 2.05) is 0 Å². The zero-order valence-corrected chi connectivity index (χ0v) is 18.6. The van der Waals surface area contributed by atoms with Crippen LogP contribution in [0.25, 0.3) is 0 Å². The van der Waals surface area contributed by atoms with Crippen LogP contribution in [-0.4, -0.2) is 68.7 Å². The van der Waals surface area contributed by atoms with Crippen LogP contribution in [0.1, 0.15) is 51.0 Å². The lowest BCUT2D eigenvalue weighted by Crippen LogP contribution is -2.59. The average Bonchev–Trinajstić information content (AvgIpc) is 2.73. The number of aliphatic hydroxyl groups excluding tert-OH is 2. The Bertz CT molecular complexity index is 884. The Hall–Kier alpha value is -2.45. The summed E-state index contributed by atoms with van der Waals surface area (Å²) in [7, 11) is 0. The number of likely N-dealkylation sites (tertiary alicyclic amines) is 1. The molecule has 3 N–H and O–H groups in total. The van der Waals surface area contributed by atoms with Crippen LogP contribution in [0.15, 0.2) is 35.6 Å². The molecule has 1 aromatic carbocycles. The van der Waals surface area contributed by atoms with Crippen molar-refractivity contribution in [2.45, 2.75) is 64.4 Å². The van der Waals surface area contributed by atoms with Gasteiger partial charge in [0.1, 0.15) is 23.0 Å². The van der Waals surface area contributed by atoms with Gasteiger partial charge in [-0.3, -0.25) is 20.0 Å². The molecular formula is C24H33FN4O3. The highest BCUT2D eigenvalue weighted by molar-refractivity contribution is 6.21. The van der Waals surface area contributed by atoms with Gasteiger partial charge in [0.25, 0.3) is 5.91 Å². The number of carbonyl (C=O) groups excluding carboxylic acids is 1. The molecule has 3 aliphatic rings. The second-order valence-electron chi connectivity index (χ2n) is 9.09. The second-order valence-corrected chi connectivity index (χ2v) is 9.09. The minimum atomic E-state index is -1.32. The third-order valence-corrected chi connectivity index (χ3v) is 7.16. The third kappa shape index (κ3) is 4.38. The van der Waals surface area contributed by atoms with Gasteiger partial charge in [-0.05, 0) is 62.8 Å². The average molecular weight is 445 g/mol. The SMILES string of the molecule is CCN1C(=O)C(=C(O)CN2CCCCC2C2CCC2)C(=N)N(Cc2ccc(F)cc2)C1O. The van der Waals surface area contributed by atoms with Crippen molar-refractivity contribution in [2.75, 3.05) is 19.6 Å². The van der Waals surface area contributed by atoms with E-state index >= 15 is 0 Å². The molecule has 1 amide bonds. The van der Waals surface area contributed by atoms with Crippen molar-refractivity contribution < 1.29 is 19.4 Å². The van der Waals surface area contributed by atoms with E-state index in [0.717, 1.165) is 19.4 Å². The summed E-state index contributed by atoms with van der Waals surface area (Å²) in [5.74, 6) is -0.560. The van der Waals surface area contributed by atoms with Crippen molar-refractivity contribution in [2.24, 2.45) is 5.92 Å². The molecule has 0 aromatic heterocycles. The predicted octanol–water partition coefficient (Wildman–Crippen LogP) is 3.21. The molecule has 8 heteroatoms. The van der Waals surface area contributed by atoms with E-state index in [4.69, 9.17) is 5.41 Å². The maximum absolute atomic E-state index is 13.3. The number of benzene rings is 1. The molecule has 174 valence electrons. The number of hydrogen-bond donors (Lipinski definition) is 3. The van der Waals surface area contributed by atoms with E-state index in [-0.39, 0.29) is 42.6 Å². The van der Waals surface area contributed by atoms with Gasteiger partial charge in [0.2, 0.25) is 6.35 Å².